The Hall–Kier alpha value is -0.930. The predicted molar refractivity (Wildman–Crippen MR) is 118 cm³/mol. The minimum Gasteiger partial charge on any atom is -0.379 e. The van der Waals surface area contributed by atoms with Gasteiger partial charge in [-0.05, 0) is 43.5 Å². The Bertz CT molecular complexity index is 584. The summed E-state index contributed by atoms with van der Waals surface area (Å²) in [6.45, 7) is 6.26. The second kappa shape index (κ2) is 11.2. The third kappa shape index (κ3) is 6.57. The molecule has 3 rings (SSSR count). The molecule has 0 radical (unpaired) electrons. The van der Waals surface area contributed by atoms with Gasteiger partial charge in [0.05, 0.1) is 19.8 Å². The van der Waals surface area contributed by atoms with Crippen molar-refractivity contribution in [1.29, 1.82) is 0 Å². The zero-order valence-electron chi connectivity index (χ0n) is 16.0. The number of nitrogens with two attached hydrogens (primary N) is 1. The lowest BCUT2D eigenvalue weighted by atomic mass is 9.79. The molecule has 1 heterocycles. The molecule has 1 saturated carbocycles. The second-order valence-electron chi connectivity index (χ2n) is 7.43. The van der Waals surface area contributed by atoms with E-state index in [4.69, 9.17) is 10.5 Å². The number of ether oxygens (including phenoxy) is 1. The van der Waals surface area contributed by atoms with Crippen LogP contribution in [0.1, 0.15) is 37.7 Å². The van der Waals surface area contributed by atoms with Crippen molar-refractivity contribution in [3.63, 3.8) is 0 Å². The molecule has 0 unspecified atom stereocenters. The summed E-state index contributed by atoms with van der Waals surface area (Å²) in [5, 5.41) is 3.23. The van der Waals surface area contributed by atoms with Crippen LogP contribution in [-0.2, 0) is 10.2 Å². The summed E-state index contributed by atoms with van der Waals surface area (Å²) in [5.74, 6) is 0.326. The third-order valence-electron chi connectivity index (χ3n) is 5.63. The fourth-order valence-corrected chi connectivity index (χ4v) is 4.03. The van der Waals surface area contributed by atoms with Gasteiger partial charge in [-0.2, -0.15) is 0 Å². The first kappa shape index (κ1) is 22.4. The smallest absolute Gasteiger partial charge is 0.188 e. The molecule has 7 heteroatoms. The van der Waals surface area contributed by atoms with Crippen molar-refractivity contribution >= 4 is 29.9 Å². The number of guanidine groups is 1. The zero-order valence-corrected chi connectivity index (χ0v) is 18.3. The highest BCUT2D eigenvalue weighted by atomic mass is 127. The van der Waals surface area contributed by atoms with Crippen molar-refractivity contribution in [2.24, 2.45) is 10.7 Å². The molecule has 0 spiro atoms. The molecule has 27 heavy (non-hydrogen) atoms. The average molecular weight is 490 g/mol. The summed E-state index contributed by atoms with van der Waals surface area (Å²) in [5.41, 5.74) is 7.27. The van der Waals surface area contributed by atoms with Gasteiger partial charge in [-0.25, -0.2) is 4.39 Å². The second-order valence-corrected chi connectivity index (χ2v) is 7.43. The summed E-state index contributed by atoms with van der Waals surface area (Å²) in [4.78, 5) is 7.03. The summed E-state index contributed by atoms with van der Waals surface area (Å²) >= 11 is 0. The van der Waals surface area contributed by atoms with Crippen LogP contribution in [0.3, 0.4) is 0 Å². The van der Waals surface area contributed by atoms with Gasteiger partial charge in [-0.15, -0.1) is 24.0 Å². The normalized spacial score (nSPS) is 20.3. The summed E-state index contributed by atoms with van der Waals surface area (Å²) in [6, 6.07) is 6.91. The zero-order chi connectivity index (χ0) is 18.2. The molecule has 2 fully saturated rings. The van der Waals surface area contributed by atoms with E-state index < -0.39 is 0 Å². The van der Waals surface area contributed by atoms with Gasteiger partial charge >= 0.3 is 0 Å². The van der Waals surface area contributed by atoms with Crippen molar-refractivity contribution < 1.29 is 9.13 Å². The Labute approximate surface area is 178 Å². The van der Waals surface area contributed by atoms with Crippen LogP contribution in [0.5, 0.6) is 0 Å². The molecule has 0 aromatic heterocycles. The van der Waals surface area contributed by atoms with Gasteiger partial charge in [0, 0.05) is 25.0 Å². The molecule has 1 saturated heterocycles. The number of hydrogen-bond donors (Lipinski definition) is 2. The van der Waals surface area contributed by atoms with E-state index in [1.54, 1.807) is 12.1 Å². The number of halogens is 2. The number of nitrogens with one attached hydrogen (secondary N) is 1. The Balaban J connectivity index is 0.00000261. The van der Waals surface area contributed by atoms with Crippen molar-refractivity contribution in [3.8, 4) is 0 Å². The van der Waals surface area contributed by atoms with Crippen LogP contribution in [0, 0.1) is 5.82 Å². The van der Waals surface area contributed by atoms with E-state index in [1.807, 2.05) is 12.1 Å². The van der Waals surface area contributed by atoms with Gasteiger partial charge in [0.2, 0.25) is 0 Å². The van der Waals surface area contributed by atoms with Crippen molar-refractivity contribution in [3.05, 3.63) is 35.6 Å². The quantitative estimate of drug-likeness (QED) is 0.267. The number of aliphatic imine (C=N–C) groups is 1. The average Bonchev–Trinajstić information content (AvgIpc) is 3.15. The first-order valence-corrected chi connectivity index (χ1v) is 9.78. The van der Waals surface area contributed by atoms with Crippen molar-refractivity contribution in [1.82, 2.24) is 10.2 Å². The highest BCUT2D eigenvalue weighted by Crippen LogP contribution is 2.41. The molecule has 0 atom stereocenters. The van der Waals surface area contributed by atoms with Crippen LogP contribution in [-0.4, -0.2) is 56.8 Å². The molecule has 152 valence electrons. The topological polar surface area (TPSA) is 62.9 Å². The summed E-state index contributed by atoms with van der Waals surface area (Å²) in [6.07, 6.45) is 5.61. The molecule has 1 aliphatic heterocycles. The lowest BCUT2D eigenvalue weighted by Gasteiger charge is -2.28. The monoisotopic (exact) mass is 490 g/mol. The minimum atomic E-state index is -0.188. The standard InChI is InChI=1S/C20H31FN4O.HI/c21-18-6-4-17(5-7-18)20(8-1-2-9-20)16-24-19(22)23-10-3-11-25-12-14-26-15-13-25;/h4-7H,1-3,8-16H2,(H3,22,23,24);1H. The summed E-state index contributed by atoms with van der Waals surface area (Å²) < 4.78 is 18.6. The molecule has 3 N–H and O–H groups in total. The molecule has 1 aliphatic carbocycles. The van der Waals surface area contributed by atoms with E-state index in [1.165, 1.54) is 18.4 Å². The summed E-state index contributed by atoms with van der Waals surface area (Å²) in [7, 11) is 0. The lowest BCUT2D eigenvalue weighted by Crippen LogP contribution is -2.39. The van der Waals surface area contributed by atoms with Gasteiger partial charge in [0.1, 0.15) is 5.82 Å². The molecule has 0 bridgehead atoms. The lowest BCUT2D eigenvalue weighted by molar-refractivity contribution is 0.0376. The van der Waals surface area contributed by atoms with Crippen molar-refractivity contribution in [2.45, 2.75) is 37.5 Å². The van der Waals surface area contributed by atoms with Gasteiger partial charge in [-0.1, -0.05) is 25.0 Å². The molecule has 5 nitrogen and oxygen atoms in total. The van der Waals surface area contributed by atoms with Crippen LogP contribution < -0.4 is 11.1 Å². The molecular formula is C20H32FIN4O. The maximum absolute atomic E-state index is 13.3. The van der Waals surface area contributed by atoms with Gasteiger partial charge in [0.25, 0.3) is 0 Å². The van der Waals surface area contributed by atoms with Gasteiger partial charge < -0.3 is 15.8 Å². The number of rotatable bonds is 7. The highest BCUT2D eigenvalue weighted by Gasteiger charge is 2.35. The molecule has 0 amide bonds. The van der Waals surface area contributed by atoms with E-state index in [2.05, 4.69) is 15.2 Å². The van der Waals surface area contributed by atoms with Crippen LogP contribution in [0.15, 0.2) is 29.3 Å². The fourth-order valence-electron chi connectivity index (χ4n) is 4.03. The van der Waals surface area contributed by atoms with Gasteiger partial charge in [0.15, 0.2) is 5.96 Å². The predicted octanol–water partition coefficient (Wildman–Crippen LogP) is 2.88. The first-order valence-electron chi connectivity index (χ1n) is 9.78. The van der Waals surface area contributed by atoms with E-state index >= 15 is 0 Å². The van der Waals surface area contributed by atoms with Crippen LogP contribution in [0.2, 0.25) is 0 Å². The van der Waals surface area contributed by atoms with Crippen LogP contribution in [0.4, 0.5) is 4.39 Å². The fraction of sp³-hybridized carbons (Fsp3) is 0.650. The maximum Gasteiger partial charge on any atom is 0.188 e. The molecule has 1 aromatic carbocycles. The minimum absolute atomic E-state index is 0. The Morgan fingerprint density at radius 3 is 2.52 bits per heavy atom. The van der Waals surface area contributed by atoms with E-state index in [-0.39, 0.29) is 35.2 Å². The molecule has 1 aromatic rings. The molecular weight excluding hydrogens is 458 g/mol. The van der Waals surface area contributed by atoms with E-state index in [9.17, 15) is 4.39 Å². The third-order valence-corrected chi connectivity index (χ3v) is 5.63. The van der Waals surface area contributed by atoms with Crippen LogP contribution >= 0.6 is 24.0 Å². The SMILES string of the molecule is I.NC(=NCC1(c2ccc(F)cc2)CCCC1)NCCCN1CCOCC1. The van der Waals surface area contributed by atoms with E-state index in [0.29, 0.717) is 12.5 Å². The van der Waals surface area contributed by atoms with E-state index in [0.717, 1.165) is 58.7 Å². The maximum atomic E-state index is 13.3. The molecule has 2 aliphatic rings. The number of hydrogen-bond acceptors (Lipinski definition) is 3. The Morgan fingerprint density at radius 2 is 1.85 bits per heavy atom. The highest BCUT2D eigenvalue weighted by molar-refractivity contribution is 14.0. The first-order chi connectivity index (χ1) is 12.7. The Morgan fingerprint density at radius 1 is 1.19 bits per heavy atom. The number of benzene rings is 1. The van der Waals surface area contributed by atoms with Gasteiger partial charge in [-0.3, -0.25) is 9.89 Å². The number of morpholine rings is 1. The number of nitrogens with zero attached hydrogens (tertiary/aromatic N) is 2. The van der Waals surface area contributed by atoms with Crippen LogP contribution in [0.25, 0.3) is 0 Å². The van der Waals surface area contributed by atoms with Crippen molar-refractivity contribution in [2.75, 3.05) is 45.9 Å². The largest absolute Gasteiger partial charge is 0.379 e. The Kier molecular flexibility index (Phi) is 9.25.